The molecule has 0 radical (unpaired) electrons. The third-order valence-corrected chi connectivity index (χ3v) is 3.89. The van der Waals surface area contributed by atoms with Gasteiger partial charge in [0.25, 0.3) is 0 Å². The molecule has 0 heterocycles. The molecule has 0 spiro atoms. The molecular weight excluding hydrogens is 264 g/mol. The lowest BCUT2D eigenvalue weighted by atomic mass is 10.0. The van der Waals surface area contributed by atoms with Crippen LogP contribution in [-0.4, -0.2) is 18.9 Å². The lowest BCUT2D eigenvalue weighted by Gasteiger charge is -2.03. The molecule has 0 aliphatic heterocycles. The summed E-state index contributed by atoms with van der Waals surface area (Å²) < 4.78 is 4.61. The first-order valence-corrected chi connectivity index (χ1v) is 8.73. The molecule has 0 aliphatic carbocycles. The van der Waals surface area contributed by atoms with Gasteiger partial charge in [-0.15, -0.1) is 0 Å². The zero-order valence-electron chi connectivity index (χ0n) is 14.1. The normalized spacial score (nSPS) is 10.6. The fourth-order valence-corrected chi connectivity index (χ4v) is 2.51. The SMILES string of the molecule is COC(=O)CCCCCCCCCCCCCCC(C)=O. The Kier molecular flexibility index (Phi) is 14.9. The third kappa shape index (κ3) is 17.1. The molecule has 0 aromatic heterocycles. The molecule has 0 bridgehead atoms. The molecular formula is C18H34O3. The topological polar surface area (TPSA) is 43.4 Å². The molecule has 3 nitrogen and oxygen atoms in total. The minimum absolute atomic E-state index is 0.0849. The van der Waals surface area contributed by atoms with Crippen LogP contribution in [0.4, 0.5) is 0 Å². The van der Waals surface area contributed by atoms with Crippen LogP contribution in [0.15, 0.2) is 0 Å². The number of rotatable bonds is 15. The summed E-state index contributed by atoms with van der Waals surface area (Å²) in [6.07, 6.45) is 16.2. The maximum Gasteiger partial charge on any atom is 0.305 e. The number of carbonyl (C=O) groups excluding carboxylic acids is 2. The van der Waals surface area contributed by atoms with E-state index in [9.17, 15) is 9.59 Å². The van der Waals surface area contributed by atoms with Crippen molar-refractivity contribution in [2.24, 2.45) is 0 Å². The Morgan fingerprint density at radius 1 is 0.619 bits per heavy atom. The molecule has 0 atom stereocenters. The second-order valence-electron chi connectivity index (χ2n) is 6.02. The van der Waals surface area contributed by atoms with E-state index in [0.717, 1.165) is 25.7 Å². The maximum atomic E-state index is 10.9. The van der Waals surface area contributed by atoms with Crippen molar-refractivity contribution in [3.05, 3.63) is 0 Å². The fraction of sp³-hybridized carbons (Fsp3) is 0.889. The van der Waals surface area contributed by atoms with Crippen molar-refractivity contribution in [1.29, 1.82) is 0 Å². The Morgan fingerprint density at radius 2 is 0.952 bits per heavy atom. The summed E-state index contributed by atoms with van der Waals surface area (Å²) in [6, 6.07) is 0. The van der Waals surface area contributed by atoms with Crippen molar-refractivity contribution in [2.75, 3.05) is 7.11 Å². The quantitative estimate of drug-likeness (QED) is 0.308. The highest BCUT2D eigenvalue weighted by Crippen LogP contribution is 2.13. The predicted molar refractivity (Wildman–Crippen MR) is 87.3 cm³/mol. The smallest absolute Gasteiger partial charge is 0.305 e. The predicted octanol–water partition coefficient (Wildman–Crippen LogP) is 5.21. The molecule has 3 heteroatoms. The highest BCUT2D eigenvalue weighted by atomic mass is 16.5. The lowest BCUT2D eigenvalue weighted by molar-refractivity contribution is -0.140. The summed E-state index contributed by atoms with van der Waals surface area (Å²) in [5.41, 5.74) is 0. The average Bonchev–Trinajstić information content (AvgIpc) is 2.46. The first-order valence-electron chi connectivity index (χ1n) is 8.73. The monoisotopic (exact) mass is 298 g/mol. The Labute approximate surface area is 130 Å². The third-order valence-electron chi connectivity index (χ3n) is 3.89. The largest absolute Gasteiger partial charge is 0.469 e. The van der Waals surface area contributed by atoms with Crippen molar-refractivity contribution < 1.29 is 14.3 Å². The van der Waals surface area contributed by atoms with Crippen molar-refractivity contribution in [2.45, 2.75) is 96.8 Å². The zero-order chi connectivity index (χ0) is 15.8. The average molecular weight is 298 g/mol. The molecule has 0 aliphatic rings. The van der Waals surface area contributed by atoms with E-state index in [4.69, 9.17) is 0 Å². The molecule has 0 saturated carbocycles. The van der Waals surface area contributed by atoms with Crippen molar-refractivity contribution in [3.63, 3.8) is 0 Å². The van der Waals surface area contributed by atoms with Crippen molar-refractivity contribution in [1.82, 2.24) is 0 Å². The van der Waals surface area contributed by atoms with Gasteiger partial charge >= 0.3 is 5.97 Å². The number of hydrogen-bond acceptors (Lipinski definition) is 3. The fourth-order valence-electron chi connectivity index (χ4n) is 2.51. The van der Waals surface area contributed by atoms with E-state index < -0.39 is 0 Å². The van der Waals surface area contributed by atoms with E-state index in [1.165, 1.54) is 64.9 Å². The number of esters is 1. The Hall–Kier alpha value is -0.860. The van der Waals surface area contributed by atoms with Gasteiger partial charge in [-0.1, -0.05) is 64.2 Å². The maximum absolute atomic E-state index is 10.9. The minimum Gasteiger partial charge on any atom is -0.469 e. The summed E-state index contributed by atoms with van der Waals surface area (Å²) in [6.45, 7) is 1.68. The molecule has 0 N–H and O–H groups in total. The van der Waals surface area contributed by atoms with Gasteiger partial charge < -0.3 is 9.53 Å². The Morgan fingerprint density at radius 3 is 1.29 bits per heavy atom. The van der Waals surface area contributed by atoms with Gasteiger partial charge in [0.05, 0.1) is 7.11 Å². The van der Waals surface area contributed by atoms with Gasteiger partial charge in [0.2, 0.25) is 0 Å². The number of carbonyl (C=O) groups is 2. The van der Waals surface area contributed by atoms with Crippen LogP contribution in [0.3, 0.4) is 0 Å². The van der Waals surface area contributed by atoms with Gasteiger partial charge in [-0.25, -0.2) is 0 Å². The lowest BCUT2D eigenvalue weighted by Crippen LogP contribution is -1.99. The first kappa shape index (κ1) is 20.1. The van der Waals surface area contributed by atoms with E-state index in [0.29, 0.717) is 12.2 Å². The number of unbranched alkanes of at least 4 members (excludes halogenated alkanes) is 11. The van der Waals surface area contributed by atoms with Gasteiger partial charge in [0.1, 0.15) is 5.78 Å². The van der Waals surface area contributed by atoms with Crippen LogP contribution in [-0.2, 0) is 14.3 Å². The van der Waals surface area contributed by atoms with E-state index in [2.05, 4.69) is 4.74 Å². The molecule has 0 fully saturated rings. The Balaban J connectivity index is 3.02. The molecule has 0 aromatic carbocycles. The summed E-state index contributed by atoms with van der Waals surface area (Å²) >= 11 is 0. The molecule has 0 rings (SSSR count). The highest BCUT2D eigenvalue weighted by molar-refractivity contribution is 5.75. The first-order chi connectivity index (χ1) is 10.2. The second-order valence-corrected chi connectivity index (χ2v) is 6.02. The van der Waals surface area contributed by atoms with Crippen LogP contribution in [0.25, 0.3) is 0 Å². The van der Waals surface area contributed by atoms with Gasteiger partial charge in [-0.3, -0.25) is 4.79 Å². The zero-order valence-corrected chi connectivity index (χ0v) is 14.1. The van der Waals surface area contributed by atoms with E-state index in [1.54, 1.807) is 6.92 Å². The van der Waals surface area contributed by atoms with Gasteiger partial charge in [-0.2, -0.15) is 0 Å². The van der Waals surface area contributed by atoms with Crippen LogP contribution in [0.2, 0.25) is 0 Å². The molecule has 0 unspecified atom stereocenters. The second kappa shape index (κ2) is 15.5. The van der Waals surface area contributed by atoms with E-state index in [-0.39, 0.29) is 5.97 Å². The number of ether oxygens (including phenoxy) is 1. The van der Waals surface area contributed by atoms with Crippen LogP contribution < -0.4 is 0 Å². The van der Waals surface area contributed by atoms with Crippen molar-refractivity contribution >= 4 is 11.8 Å². The highest BCUT2D eigenvalue weighted by Gasteiger charge is 1.99. The van der Waals surface area contributed by atoms with E-state index in [1.807, 2.05) is 0 Å². The van der Waals surface area contributed by atoms with Gasteiger partial charge in [0, 0.05) is 12.8 Å². The summed E-state index contributed by atoms with van der Waals surface area (Å²) in [4.78, 5) is 21.7. The van der Waals surface area contributed by atoms with E-state index >= 15 is 0 Å². The molecule has 124 valence electrons. The summed E-state index contributed by atoms with van der Waals surface area (Å²) in [5.74, 6) is 0.236. The Bertz CT molecular complexity index is 261. The number of Topliss-reactive ketones (excluding diaryl/α,β-unsaturated/α-hetero) is 1. The van der Waals surface area contributed by atoms with Crippen LogP contribution >= 0.6 is 0 Å². The minimum atomic E-state index is -0.0849. The van der Waals surface area contributed by atoms with Crippen LogP contribution in [0, 0.1) is 0 Å². The molecule has 0 amide bonds. The summed E-state index contributed by atoms with van der Waals surface area (Å²) in [7, 11) is 1.45. The van der Waals surface area contributed by atoms with Crippen LogP contribution in [0.1, 0.15) is 96.8 Å². The van der Waals surface area contributed by atoms with Crippen LogP contribution in [0.5, 0.6) is 0 Å². The summed E-state index contributed by atoms with van der Waals surface area (Å²) in [5, 5.41) is 0. The van der Waals surface area contributed by atoms with Gasteiger partial charge in [0.15, 0.2) is 0 Å². The molecule has 0 saturated heterocycles. The molecule has 21 heavy (non-hydrogen) atoms. The number of hydrogen-bond donors (Lipinski definition) is 0. The standard InChI is InChI=1S/C18H34O3/c1-17(19)15-13-11-9-7-5-3-4-6-8-10-12-14-16-18(20)21-2/h3-16H2,1-2H3. The molecule has 0 aromatic rings. The number of ketones is 1. The van der Waals surface area contributed by atoms with Crippen molar-refractivity contribution in [3.8, 4) is 0 Å². The number of methoxy groups -OCH3 is 1. The van der Waals surface area contributed by atoms with Gasteiger partial charge in [-0.05, 0) is 19.8 Å².